The molecular weight excluding hydrogens is 1190 g/mol. The molecule has 0 bridgehead atoms. The second kappa shape index (κ2) is 24.0. The van der Waals surface area contributed by atoms with Crippen molar-refractivity contribution in [1.29, 1.82) is 5.26 Å². The fourth-order valence-corrected chi connectivity index (χ4v) is 11.8. The first-order valence-corrected chi connectivity index (χ1v) is 32.2. The highest BCUT2D eigenvalue weighted by molar-refractivity contribution is 7.99. The van der Waals surface area contributed by atoms with E-state index < -0.39 is 84.4 Å². The number of thioether (sulfide) groups is 1. The van der Waals surface area contributed by atoms with Gasteiger partial charge in [-0.1, -0.05) is 29.5 Å². The standard InChI is InChI=1S/C44H38N10O15S6.CH4O3S/c1-23-15-34(37(70-12-6-14-73(60,61)62)20-31(23)48-53-44-47-40-38(75(66,67)68)17-25-9-10-27(74(63,64)65)18-28(25)41(40)71-44)51-49-32-19-36(69-11-5-13-72(57,58)59)33(16-26(32)22-55)50-52-39-24(2)29(21-45)42-46-30-7-3-4-8-35(30)54(42)43(39)56;1-5(2,3)4/h3-4,7-10,15-20,55-56H,5-6,11-14,22H2,1-2H3,(H,57,58,59)(H,60,61,62)(H,63,64,65)(H,66,67,68);1H3,(H,2,3,4). The Kier molecular flexibility index (Phi) is 18.1. The van der Waals surface area contributed by atoms with Crippen LogP contribution in [0.2, 0.25) is 0 Å². The average molecular weight is 1240 g/mol. The maximum atomic E-state index is 12.4. The van der Waals surface area contributed by atoms with Crippen molar-refractivity contribution in [3.63, 3.8) is 0 Å². The van der Waals surface area contributed by atoms with Crippen molar-refractivity contribution in [2.75, 3.05) is 30.1 Å². The summed E-state index contributed by atoms with van der Waals surface area (Å²) in [6, 6.07) is 19.2. The number of pyridine rings is 1. The van der Waals surface area contributed by atoms with Crippen molar-refractivity contribution in [2.24, 2.45) is 30.7 Å². The Bertz CT molecular complexity index is 4520. The maximum Gasteiger partial charge on any atom is 0.296 e. The molecule has 35 heteroatoms. The summed E-state index contributed by atoms with van der Waals surface area (Å²) in [4.78, 5) is 8.02. The lowest BCUT2D eigenvalue weighted by Crippen LogP contribution is -2.08. The summed E-state index contributed by atoms with van der Waals surface area (Å²) >= 11 is 1.90. The molecule has 0 aliphatic carbocycles. The molecule has 0 fully saturated rings. The Morgan fingerprint density at radius 3 is 2.04 bits per heavy atom. The molecule has 0 radical (unpaired) electrons. The SMILES string of the molecule is CS(=O)(=O)O.Cc1cc(N=Nc2cc(OCCCS(=O)(=O)O)c(N=Nc3c(C)c(C#N)c4nc5ccccc5n4c3O)cc2CO)c(SCCCS(=O)(=O)O)cc1N=Nc1nc2c(S(=O)(=O)O)cc3ccc(S(=O)(=O)O)cc3c2s1. The minimum Gasteiger partial charge on any atom is -0.493 e. The Morgan fingerprint density at radius 2 is 1.39 bits per heavy atom. The first-order valence-electron chi connectivity index (χ1n) is 22.4. The van der Waals surface area contributed by atoms with Gasteiger partial charge in [0.2, 0.25) is 11.0 Å². The van der Waals surface area contributed by atoms with Gasteiger partial charge >= 0.3 is 0 Å². The van der Waals surface area contributed by atoms with Gasteiger partial charge in [-0.25, -0.2) is 9.97 Å². The molecule has 0 amide bonds. The highest BCUT2D eigenvalue weighted by Gasteiger charge is 2.24. The van der Waals surface area contributed by atoms with Crippen LogP contribution in [0.15, 0.2) is 118 Å². The number of para-hydroxylation sites is 2. The van der Waals surface area contributed by atoms with Crippen LogP contribution in [-0.2, 0) is 57.2 Å². The second-order valence-electron chi connectivity index (χ2n) is 16.9. The number of benzene rings is 5. The summed E-state index contributed by atoms with van der Waals surface area (Å²) in [5, 5.41) is 58.4. The van der Waals surface area contributed by atoms with E-state index in [1.165, 1.54) is 28.7 Å². The summed E-state index contributed by atoms with van der Waals surface area (Å²) in [6.45, 7) is 2.24. The zero-order valence-electron chi connectivity index (χ0n) is 41.3. The van der Waals surface area contributed by atoms with Gasteiger partial charge in [0.1, 0.15) is 33.5 Å². The van der Waals surface area contributed by atoms with Crippen LogP contribution in [0.25, 0.3) is 37.7 Å². The number of aromatic nitrogens is 3. The van der Waals surface area contributed by atoms with E-state index in [0.29, 0.717) is 27.7 Å². The number of aliphatic hydroxyl groups excluding tert-OH is 1. The predicted molar refractivity (Wildman–Crippen MR) is 292 cm³/mol. The normalized spacial score (nSPS) is 12.8. The molecule has 0 unspecified atom stereocenters. The van der Waals surface area contributed by atoms with Crippen LogP contribution in [0, 0.1) is 25.2 Å². The Hall–Kier alpha value is -7.05. The van der Waals surface area contributed by atoms with Gasteiger partial charge in [0, 0.05) is 27.5 Å². The average Bonchev–Trinajstić information content (AvgIpc) is 4.13. The van der Waals surface area contributed by atoms with Crippen LogP contribution in [0.4, 0.5) is 33.6 Å². The van der Waals surface area contributed by atoms with Crippen molar-refractivity contribution >= 4 is 145 Å². The molecule has 8 aromatic rings. The fraction of sp³-hybridized carbons (Fsp3) is 0.222. The molecule has 28 nitrogen and oxygen atoms in total. The molecule has 8 rings (SSSR count). The van der Waals surface area contributed by atoms with Crippen molar-refractivity contribution in [1.82, 2.24) is 14.4 Å². The number of thiazole rings is 1. The first-order chi connectivity index (χ1) is 37.3. The van der Waals surface area contributed by atoms with Crippen LogP contribution >= 0.6 is 23.1 Å². The van der Waals surface area contributed by atoms with E-state index in [2.05, 4.69) is 46.7 Å². The lowest BCUT2D eigenvalue weighted by molar-refractivity contribution is 0.281. The number of hydrogen-bond acceptors (Lipinski definition) is 24. The number of rotatable bonds is 19. The van der Waals surface area contributed by atoms with Gasteiger partial charge in [-0.3, -0.25) is 27.2 Å². The Morgan fingerprint density at radius 1 is 0.738 bits per heavy atom. The summed E-state index contributed by atoms with van der Waals surface area (Å²) < 4.78 is 167. The number of azo groups is 3. The van der Waals surface area contributed by atoms with E-state index in [1.54, 1.807) is 44.2 Å². The van der Waals surface area contributed by atoms with E-state index >= 15 is 0 Å². The third-order valence-electron chi connectivity index (χ3n) is 11.0. The molecule has 0 atom stereocenters. The number of aryl methyl sites for hydroxylation is 1. The van der Waals surface area contributed by atoms with Gasteiger partial charge in [-0.2, -0.15) is 52.5 Å². The van der Waals surface area contributed by atoms with E-state index in [1.807, 2.05) is 0 Å². The largest absolute Gasteiger partial charge is 0.493 e. The number of nitrogens with zero attached hydrogens (tertiary/aromatic N) is 10. The second-order valence-corrected chi connectivity index (χ2v) is 26.5. The molecule has 0 aliphatic rings. The number of aromatic hydroxyl groups is 1. The zero-order valence-corrected chi connectivity index (χ0v) is 47.0. The van der Waals surface area contributed by atoms with Gasteiger partial charge in [-0.15, -0.1) is 37.3 Å². The Balaban J connectivity index is 0.00000177. The van der Waals surface area contributed by atoms with Crippen molar-refractivity contribution < 1.29 is 79.8 Å². The first kappa shape index (κ1) is 60.6. The summed E-state index contributed by atoms with van der Waals surface area (Å²) in [6.07, 6.45) is 0.530. The minimum atomic E-state index is -4.87. The van der Waals surface area contributed by atoms with Crippen LogP contribution in [0.5, 0.6) is 11.6 Å². The third-order valence-corrected chi connectivity index (χ3v) is 16.4. The number of hydrogen-bond donors (Lipinski definition) is 7. The zero-order chi connectivity index (χ0) is 58.7. The number of aliphatic hydroxyl groups is 1. The van der Waals surface area contributed by atoms with Crippen molar-refractivity contribution in [3.05, 3.63) is 95.1 Å². The van der Waals surface area contributed by atoms with Gasteiger partial charge in [0.15, 0.2) is 11.3 Å². The Labute approximate surface area is 463 Å². The molecule has 0 saturated carbocycles. The number of fused-ring (bicyclic) bond motifs is 6. The fourth-order valence-electron chi connectivity index (χ4n) is 7.48. The molecule has 3 aromatic heterocycles. The molecule has 0 aliphatic heterocycles. The van der Waals surface area contributed by atoms with Crippen LogP contribution in [0.3, 0.4) is 0 Å². The topological polar surface area (TPSA) is 450 Å². The summed E-state index contributed by atoms with van der Waals surface area (Å²) in [7, 11) is -21.9. The quantitative estimate of drug-likeness (QED) is 0.0171. The van der Waals surface area contributed by atoms with Gasteiger partial charge < -0.3 is 14.9 Å². The minimum absolute atomic E-state index is 0.00921. The van der Waals surface area contributed by atoms with E-state index in [0.717, 1.165) is 41.3 Å². The van der Waals surface area contributed by atoms with Crippen molar-refractivity contribution in [3.8, 4) is 17.7 Å². The molecule has 5 aromatic carbocycles. The summed E-state index contributed by atoms with van der Waals surface area (Å²) in [5.74, 6) is -1.56. The smallest absolute Gasteiger partial charge is 0.296 e. The lowest BCUT2D eigenvalue weighted by atomic mass is 10.1. The molecule has 3 heterocycles. The van der Waals surface area contributed by atoms with E-state index in [9.17, 15) is 75.8 Å². The van der Waals surface area contributed by atoms with Crippen LogP contribution < -0.4 is 4.74 Å². The van der Waals surface area contributed by atoms with Crippen molar-refractivity contribution in [2.45, 2.75) is 48.0 Å². The lowest BCUT2D eigenvalue weighted by Gasteiger charge is -2.13. The van der Waals surface area contributed by atoms with Gasteiger partial charge in [0.25, 0.3) is 50.6 Å². The third kappa shape index (κ3) is 15.0. The number of ether oxygens (including phenoxy) is 1. The van der Waals surface area contributed by atoms with E-state index in [4.69, 9.17) is 9.29 Å². The number of nitriles is 1. The molecule has 7 N–H and O–H groups in total. The molecular formula is C45H42N10O18S7. The number of imidazole rings is 1. The van der Waals surface area contributed by atoms with Gasteiger partial charge in [-0.05, 0) is 91.9 Å². The highest BCUT2D eigenvalue weighted by Crippen LogP contribution is 2.44. The molecule has 422 valence electrons. The van der Waals surface area contributed by atoms with Crippen LogP contribution in [-0.4, -0.2) is 120 Å². The predicted octanol–water partition coefficient (Wildman–Crippen LogP) is 9.21. The highest BCUT2D eigenvalue weighted by atomic mass is 32.2. The van der Waals surface area contributed by atoms with E-state index in [-0.39, 0.29) is 108 Å². The monoisotopic (exact) mass is 1230 g/mol. The molecule has 0 spiro atoms. The maximum absolute atomic E-state index is 12.4. The van der Waals surface area contributed by atoms with Crippen LogP contribution in [0.1, 0.15) is 35.1 Å². The molecule has 80 heavy (non-hydrogen) atoms. The summed E-state index contributed by atoms with van der Waals surface area (Å²) in [5.41, 5.74) is 2.04. The van der Waals surface area contributed by atoms with Gasteiger partial charge in [0.05, 0.1) is 68.7 Å². The molecule has 0 saturated heterocycles.